The molecule has 0 atom stereocenters. The summed E-state index contributed by atoms with van der Waals surface area (Å²) < 4.78 is 26.6. The van der Waals surface area contributed by atoms with Crippen LogP contribution in [0.5, 0.6) is 11.5 Å². The van der Waals surface area contributed by atoms with Gasteiger partial charge in [0, 0.05) is 36.2 Å². The highest BCUT2D eigenvalue weighted by Crippen LogP contribution is 2.45. The minimum atomic E-state index is -0.622. The number of amides is 2. The number of halogens is 1. The van der Waals surface area contributed by atoms with Crippen LogP contribution in [-0.2, 0) is 4.79 Å². The van der Waals surface area contributed by atoms with E-state index >= 15 is 4.39 Å². The molecular formula is C23H23FN4O5. The molecule has 3 N–H and O–H groups in total. The lowest BCUT2D eigenvalue weighted by molar-refractivity contribution is -0.605. The number of hydrogen-bond acceptors (Lipinski definition) is 6. The number of hydrogen-bond donors (Lipinski definition) is 2. The molecule has 4 rings (SSSR count). The number of nitrogens with one attached hydrogen (secondary N) is 1. The van der Waals surface area contributed by atoms with Crippen molar-refractivity contribution in [1.29, 1.82) is 0 Å². The monoisotopic (exact) mass is 454 g/mol. The second-order valence-electron chi connectivity index (χ2n) is 7.62. The largest absolute Gasteiger partial charge is 0.618 e. The van der Waals surface area contributed by atoms with Crippen LogP contribution in [0.4, 0.5) is 15.8 Å². The van der Waals surface area contributed by atoms with Gasteiger partial charge in [-0.2, -0.15) is 4.73 Å². The summed E-state index contributed by atoms with van der Waals surface area (Å²) in [5, 5.41) is 15.9. The van der Waals surface area contributed by atoms with Gasteiger partial charge in [-0.05, 0) is 24.6 Å². The quantitative estimate of drug-likeness (QED) is 0.451. The smallest absolute Gasteiger partial charge is 0.319 e. The van der Waals surface area contributed by atoms with Crippen molar-refractivity contribution in [1.82, 2.24) is 5.32 Å². The Bertz CT molecular complexity index is 1290. The number of benzene rings is 2. The molecule has 2 amide bonds. The van der Waals surface area contributed by atoms with Crippen LogP contribution < -0.4 is 30.2 Å². The molecule has 10 heteroatoms. The van der Waals surface area contributed by atoms with E-state index in [0.717, 1.165) is 6.20 Å². The highest BCUT2D eigenvalue weighted by atomic mass is 19.1. The molecule has 0 bridgehead atoms. The topological polar surface area (TPSA) is 121 Å². The molecule has 0 spiro atoms. The van der Waals surface area contributed by atoms with Crippen molar-refractivity contribution in [3.05, 3.63) is 47.2 Å². The number of carbonyl (C=O) groups excluding carboxylic acids is 2. The van der Waals surface area contributed by atoms with E-state index in [1.807, 2.05) is 6.92 Å². The number of carbonyl (C=O) groups is 2. The van der Waals surface area contributed by atoms with Gasteiger partial charge in [0.25, 0.3) is 5.91 Å². The fourth-order valence-electron chi connectivity index (χ4n) is 3.87. The predicted octanol–water partition coefficient (Wildman–Crippen LogP) is 2.37. The molecule has 0 aliphatic carbocycles. The van der Waals surface area contributed by atoms with E-state index in [1.165, 1.54) is 24.1 Å². The number of aromatic nitrogens is 1. The molecule has 1 aliphatic rings. The lowest BCUT2D eigenvalue weighted by Crippen LogP contribution is -2.40. The molecule has 0 radical (unpaired) electrons. The Kier molecular flexibility index (Phi) is 5.67. The molecule has 1 aliphatic heterocycles. The van der Waals surface area contributed by atoms with E-state index in [9.17, 15) is 14.8 Å². The molecule has 33 heavy (non-hydrogen) atoms. The van der Waals surface area contributed by atoms with Gasteiger partial charge in [-0.25, -0.2) is 4.39 Å². The zero-order chi connectivity index (χ0) is 23.9. The summed E-state index contributed by atoms with van der Waals surface area (Å²) in [6, 6.07) is 5.77. The van der Waals surface area contributed by atoms with Gasteiger partial charge in [-0.15, -0.1) is 0 Å². The van der Waals surface area contributed by atoms with Gasteiger partial charge in [0.05, 0.1) is 18.2 Å². The minimum absolute atomic E-state index is 0.0594. The Morgan fingerprint density at radius 3 is 2.82 bits per heavy atom. The van der Waals surface area contributed by atoms with Crippen LogP contribution in [-0.4, -0.2) is 39.1 Å². The zero-order valence-corrected chi connectivity index (χ0v) is 18.4. The second-order valence-corrected chi connectivity index (χ2v) is 7.62. The molecule has 0 fully saturated rings. The minimum Gasteiger partial charge on any atom is -0.618 e. The molecule has 172 valence electrons. The van der Waals surface area contributed by atoms with Crippen molar-refractivity contribution in [2.45, 2.75) is 13.3 Å². The van der Waals surface area contributed by atoms with Crippen molar-refractivity contribution >= 4 is 34.0 Å². The number of rotatable bonds is 5. The van der Waals surface area contributed by atoms with E-state index in [1.54, 1.807) is 19.2 Å². The fourth-order valence-corrected chi connectivity index (χ4v) is 3.87. The Morgan fingerprint density at radius 2 is 2.12 bits per heavy atom. The highest BCUT2D eigenvalue weighted by Gasteiger charge is 2.29. The third-order valence-electron chi connectivity index (χ3n) is 5.59. The summed E-state index contributed by atoms with van der Waals surface area (Å²) in [7, 11) is 3.02. The summed E-state index contributed by atoms with van der Waals surface area (Å²) >= 11 is 0. The number of fused-ring (bicyclic) bond motifs is 2. The van der Waals surface area contributed by atoms with Gasteiger partial charge >= 0.3 is 11.6 Å². The summed E-state index contributed by atoms with van der Waals surface area (Å²) in [4.78, 5) is 25.9. The van der Waals surface area contributed by atoms with Gasteiger partial charge < -0.3 is 30.6 Å². The van der Waals surface area contributed by atoms with Crippen LogP contribution in [0.15, 0.2) is 30.5 Å². The summed E-state index contributed by atoms with van der Waals surface area (Å²) in [6.45, 7) is 2.11. The number of nitrogens with two attached hydrogens (primary N) is 1. The number of ether oxygens (including phenoxy) is 2. The van der Waals surface area contributed by atoms with E-state index in [2.05, 4.69) is 5.32 Å². The maximum atomic E-state index is 15.2. The lowest BCUT2D eigenvalue weighted by Gasteiger charge is -2.27. The summed E-state index contributed by atoms with van der Waals surface area (Å²) in [5.74, 6) is -0.829. The van der Waals surface area contributed by atoms with Gasteiger partial charge in [-0.3, -0.25) is 9.59 Å². The normalized spacial score (nSPS) is 13.0. The Balaban J connectivity index is 1.96. The second kappa shape index (κ2) is 8.45. The van der Waals surface area contributed by atoms with Crippen LogP contribution >= 0.6 is 0 Å². The first kappa shape index (κ1) is 22.1. The number of nitrogen functional groups attached to an aromatic ring is 1. The van der Waals surface area contributed by atoms with E-state index in [-0.39, 0.29) is 40.6 Å². The highest BCUT2D eigenvalue weighted by molar-refractivity contribution is 6.09. The average molecular weight is 454 g/mol. The number of methoxy groups -OCH3 is 1. The molecular weight excluding hydrogens is 431 g/mol. The maximum Gasteiger partial charge on any atom is 0.319 e. The lowest BCUT2D eigenvalue weighted by atomic mass is 9.95. The fraction of sp³-hybridized carbons (Fsp3) is 0.261. The van der Waals surface area contributed by atoms with Gasteiger partial charge in [0.2, 0.25) is 0 Å². The summed E-state index contributed by atoms with van der Waals surface area (Å²) in [5.41, 5.74) is 6.73. The number of likely N-dealkylation sites (N-methyl/N-ethyl adjacent to an activating group) is 1. The van der Waals surface area contributed by atoms with Crippen LogP contribution in [0.25, 0.3) is 21.9 Å². The standard InChI is InChI=1S/C23H23FN4O5/c1-4-7-26-23(30)22-21(25)12-5-6-15(24)20(14(12)10-28(22)31)13-8-18-16(9-17(13)32-3)27(2)19(29)11-33-18/h5-6,8-10H,4,7,11,25H2,1-3H3,(H,26,30). The Labute approximate surface area is 189 Å². The first-order valence-electron chi connectivity index (χ1n) is 10.3. The zero-order valence-electron chi connectivity index (χ0n) is 18.4. The Hall–Kier alpha value is -4.08. The average Bonchev–Trinajstić information content (AvgIpc) is 2.79. The number of nitrogens with zero attached hydrogens (tertiary/aromatic N) is 2. The molecule has 0 saturated heterocycles. The van der Waals surface area contributed by atoms with Gasteiger partial charge in [0.15, 0.2) is 12.8 Å². The van der Waals surface area contributed by atoms with Crippen LogP contribution in [0, 0.1) is 11.0 Å². The van der Waals surface area contributed by atoms with Crippen molar-refractivity contribution < 1.29 is 28.2 Å². The van der Waals surface area contributed by atoms with E-state index in [0.29, 0.717) is 40.1 Å². The molecule has 0 unspecified atom stereocenters. The molecule has 2 aromatic carbocycles. The number of pyridine rings is 1. The van der Waals surface area contributed by atoms with Gasteiger partial charge in [0.1, 0.15) is 23.0 Å². The van der Waals surface area contributed by atoms with E-state index < -0.39 is 11.7 Å². The molecule has 0 saturated carbocycles. The van der Waals surface area contributed by atoms with Crippen molar-refractivity contribution in [2.75, 3.05) is 37.9 Å². The van der Waals surface area contributed by atoms with Crippen molar-refractivity contribution in [2.24, 2.45) is 0 Å². The third kappa shape index (κ3) is 3.63. The van der Waals surface area contributed by atoms with Gasteiger partial charge in [-0.1, -0.05) is 6.92 Å². The maximum absolute atomic E-state index is 15.2. The third-order valence-corrected chi connectivity index (χ3v) is 5.59. The van der Waals surface area contributed by atoms with Crippen molar-refractivity contribution in [3.8, 4) is 22.6 Å². The van der Waals surface area contributed by atoms with Crippen LogP contribution in [0.3, 0.4) is 0 Å². The van der Waals surface area contributed by atoms with Crippen molar-refractivity contribution in [3.63, 3.8) is 0 Å². The molecule has 1 aromatic heterocycles. The van der Waals surface area contributed by atoms with Crippen LogP contribution in [0.2, 0.25) is 0 Å². The first-order valence-corrected chi connectivity index (χ1v) is 10.3. The molecule has 2 heterocycles. The molecule has 9 nitrogen and oxygen atoms in total. The summed E-state index contributed by atoms with van der Waals surface area (Å²) in [6.07, 6.45) is 1.81. The van der Waals surface area contributed by atoms with E-state index in [4.69, 9.17) is 15.2 Å². The first-order chi connectivity index (χ1) is 15.8. The predicted molar refractivity (Wildman–Crippen MR) is 121 cm³/mol. The SMILES string of the molecule is CCCNC(=O)c1c(N)c2ccc(F)c(-c3cc4c(cc3OC)N(C)C(=O)CO4)c2c[n+]1[O-]. The van der Waals surface area contributed by atoms with Crippen LogP contribution in [0.1, 0.15) is 23.8 Å². The Morgan fingerprint density at radius 1 is 1.36 bits per heavy atom. The number of anilines is 2. The molecule has 3 aromatic rings.